The molecule has 28 heavy (non-hydrogen) atoms. The first-order valence-electron chi connectivity index (χ1n) is 8.72. The van der Waals surface area contributed by atoms with Crippen LogP contribution in [0.2, 0.25) is 0 Å². The summed E-state index contributed by atoms with van der Waals surface area (Å²) in [5.41, 5.74) is 3.12. The number of nitrogens with one attached hydrogen (secondary N) is 1. The molecule has 0 atom stereocenters. The van der Waals surface area contributed by atoms with E-state index in [2.05, 4.69) is 31.6 Å². The Morgan fingerprint density at radius 3 is 2.75 bits per heavy atom. The summed E-state index contributed by atoms with van der Waals surface area (Å²) in [5.74, 6) is 0.132. The Morgan fingerprint density at radius 2 is 2.04 bits per heavy atom. The molecule has 1 amide bonds. The van der Waals surface area contributed by atoms with Gasteiger partial charge in [0.05, 0.1) is 18.7 Å². The maximum Gasteiger partial charge on any atom is 0.292 e. The molecule has 0 unspecified atom stereocenters. The van der Waals surface area contributed by atoms with Crippen LogP contribution in [0.25, 0.3) is 10.8 Å². The lowest BCUT2D eigenvalue weighted by Crippen LogP contribution is -2.29. The normalized spacial score (nSPS) is 11.1. The van der Waals surface area contributed by atoms with Crippen molar-refractivity contribution in [2.75, 3.05) is 7.11 Å². The number of halogens is 1. The second-order valence-corrected chi connectivity index (χ2v) is 6.92. The number of carbonyl (C=O) groups excluding carboxylic acids is 1. The van der Waals surface area contributed by atoms with Gasteiger partial charge in [-0.15, -0.1) is 0 Å². The zero-order valence-corrected chi connectivity index (χ0v) is 17.1. The Morgan fingerprint density at radius 1 is 1.29 bits per heavy atom. The van der Waals surface area contributed by atoms with E-state index in [9.17, 15) is 9.59 Å². The zero-order chi connectivity index (χ0) is 20.1. The van der Waals surface area contributed by atoms with Crippen molar-refractivity contribution in [3.05, 3.63) is 68.5 Å². The number of hydrazone groups is 1. The first-order chi connectivity index (χ1) is 13.5. The summed E-state index contributed by atoms with van der Waals surface area (Å²) in [6, 6.07) is 12.4. The Bertz CT molecular complexity index is 1110. The SMILES string of the molecule is CCCn1nc(C(=O)N/N=C/c2cc(Br)ccc2OC)c2ccccc2c1=O. The number of methoxy groups -OCH3 is 1. The number of ether oxygens (including phenoxy) is 1. The third-order valence-corrected chi connectivity index (χ3v) is 4.57. The highest BCUT2D eigenvalue weighted by Gasteiger charge is 2.16. The van der Waals surface area contributed by atoms with Crippen LogP contribution in [0.4, 0.5) is 0 Å². The van der Waals surface area contributed by atoms with Gasteiger partial charge in [-0.1, -0.05) is 41.1 Å². The predicted octanol–water partition coefficient (Wildman–Crippen LogP) is 3.34. The summed E-state index contributed by atoms with van der Waals surface area (Å²) in [6.07, 6.45) is 2.22. The van der Waals surface area contributed by atoms with Crippen LogP contribution < -0.4 is 15.7 Å². The number of amides is 1. The van der Waals surface area contributed by atoms with Gasteiger partial charge in [0.2, 0.25) is 0 Å². The van der Waals surface area contributed by atoms with Gasteiger partial charge in [-0.3, -0.25) is 9.59 Å². The van der Waals surface area contributed by atoms with Crippen LogP contribution in [-0.2, 0) is 6.54 Å². The number of aromatic nitrogens is 2. The number of benzene rings is 2. The lowest BCUT2D eigenvalue weighted by Gasteiger charge is -2.09. The molecule has 0 spiro atoms. The molecule has 0 aliphatic heterocycles. The minimum Gasteiger partial charge on any atom is -0.496 e. The van der Waals surface area contributed by atoms with Crippen LogP contribution in [0.1, 0.15) is 29.4 Å². The standard InChI is InChI=1S/C20H19BrN4O3/c1-3-10-25-20(27)16-7-5-4-6-15(16)18(24-25)19(26)23-22-12-13-11-14(21)8-9-17(13)28-2/h4-9,11-12H,3,10H2,1-2H3,(H,23,26)/b22-12+. The summed E-state index contributed by atoms with van der Waals surface area (Å²) < 4.78 is 7.46. The highest BCUT2D eigenvalue weighted by atomic mass is 79.9. The van der Waals surface area contributed by atoms with Crippen molar-refractivity contribution >= 4 is 38.8 Å². The number of rotatable bonds is 6. The van der Waals surface area contributed by atoms with Gasteiger partial charge >= 0.3 is 0 Å². The van der Waals surface area contributed by atoms with Crippen LogP contribution in [0.15, 0.2) is 56.8 Å². The van der Waals surface area contributed by atoms with Crippen molar-refractivity contribution in [2.45, 2.75) is 19.9 Å². The molecule has 0 bridgehead atoms. The molecule has 3 aromatic rings. The summed E-state index contributed by atoms with van der Waals surface area (Å²) in [7, 11) is 1.56. The number of hydrogen-bond donors (Lipinski definition) is 1. The zero-order valence-electron chi connectivity index (χ0n) is 15.5. The fraction of sp³-hybridized carbons (Fsp3) is 0.200. The van der Waals surface area contributed by atoms with Crippen LogP contribution in [0.5, 0.6) is 5.75 Å². The first kappa shape index (κ1) is 19.8. The molecule has 0 radical (unpaired) electrons. The van der Waals surface area contributed by atoms with E-state index in [1.165, 1.54) is 10.9 Å². The molecule has 1 N–H and O–H groups in total. The molecule has 8 heteroatoms. The van der Waals surface area contributed by atoms with E-state index < -0.39 is 5.91 Å². The minimum absolute atomic E-state index is 0.155. The van der Waals surface area contributed by atoms with Gasteiger partial charge < -0.3 is 4.74 Å². The number of fused-ring (bicyclic) bond motifs is 1. The average molecular weight is 443 g/mol. The maximum absolute atomic E-state index is 12.7. The quantitative estimate of drug-likeness (QED) is 0.468. The Labute approximate surface area is 170 Å². The molecule has 1 heterocycles. The smallest absolute Gasteiger partial charge is 0.292 e. The summed E-state index contributed by atoms with van der Waals surface area (Å²) in [4.78, 5) is 25.2. The highest BCUT2D eigenvalue weighted by molar-refractivity contribution is 9.10. The van der Waals surface area contributed by atoms with E-state index in [1.807, 2.05) is 19.1 Å². The molecule has 7 nitrogen and oxygen atoms in total. The van der Waals surface area contributed by atoms with Gasteiger partial charge in [0.1, 0.15) is 5.75 Å². The molecule has 1 aromatic heterocycles. The third-order valence-electron chi connectivity index (χ3n) is 4.08. The Balaban J connectivity index is 1.93. The van der Waals surface area contributed by atoms with E-state index in [1.54, 1.807) is 37.4 Å². The predicted molar refractivity (Wildman–Crippen MR) is 112 cm³/mol. The van der Waals surface area contributed by atoms with E-state index in [4.69, 9.17) is 4.74 Å². The Kier molecular flexibility index (Phi) is 6.20. The molecule has 0 aliphatic carbocycles. The van der Waals surface area contributed by atoms with Gasteiger partial charge in [-0.25, -0.2) is 10.1 Å². The summed E-state index contributed by atoms with van der Waals surface area (Å²) in [6.45, 7) is 2.38. The fourth-order valence-electron chi connectivity index (χ4n) is 2.79. The molecule has 144 valence electrons. The molecular formula is C20H19BrN4O3. The Hall–Kier alpha value is -3.00. The topological polar surface area (TPSA) is 85.6 Å². The number of carbonyl (C=O) groups is 1. The maximum atomic E-state index is 12.7. The van der Waals surface area contributed by atoms with Crippen molar-refractivity contribution in [1.82, 2.24) is 15.2 Å². The largest absolute Gasteiger partial charge is 0.496 e. The van der Waals surface area contributed by atoms with E-state index in [0.717, 1.165) is 10.9 Å². The molecule has 0 fully saturated rings. The van der Waals surface area contributed by atoms with Crippen molar-refractivity contribution in [3.8, 4) is 5.75 Å². The van der Waals surface area contributed by atoms with Gasteiger partial charge in [0, 0.05) is 22.0 Å². The van der Waals surface area contributed by atoms with E-state index in [0.29, 0.717) is 28.6 Å². The molecule has 2 aromatic carbocycles. The number of nitrogens with zero attached hydrogens (tertiary/aromatic N) is 3. The fourth-order valence-corrected chi connectivity index (χ4v) is 3.16. The van der Waals surface area contributed by atoms with Gasteiger partial charge in [0.15, 0.2) is 5.69 Å². The van der Waals surface area contributed by atoms with Crippen molar-refractivity contribution in [2.24, 2.45) is 5.10 Å². The van der Waals surface area contributed by atoms with E-state index >= 15 is 0 Å². The first-order valence-corrected chi connectivity index (χ1v) is 9.51. The van der Waals surface area contributed by atoms with E-state index in [-0.39, 0.29) is 11.3 Å². The lowest BCUT2D eigenvalue weighted by atomic mass is 10.1. The van der Waals surface area contributed by atoms with Gasteiger partial charge in [0.25, 0.3) is 11.5 Å². The van der Waals surface area contributed by atoms with Crippen LogP contribution in [0, 0.1) is 0 Å². The molecule has 0 saturated carbocycles. The average Bonchev–Trinajstić information content (AvgIpc) is 2.70. The number of aryl methyl sites for hydroxylation is 1. The van der Waals surface area contributed by atoms with Crippen molar-refractivity contribution in [3.63, 3.8) is 0 Å². The highest BCUT2D eigenvalue weighted by Crippen LogP contribution is 2.21. The second-order valence-electron chi connectivity index (χ2n) is 6.01. The molecule has 0 saturated heterocycles. The van der Waals surface area contributed by atoms with Crippen molar-refractivity contribution < 1.29 is 9.53 Å². The van der Waals surface area contributed by atoms with Crippen LogP contribution in [-0.4, -0.2) is 29.0 Å². The van der Waals surface area contributed by atoms with Crippen LogP contribution >= 0.6 is 15.9 Å². The second kappa shape index (κ2) is 8.79. The monoisotopic (exact) mass is 442 g/mol. The lowest BCUT2D eigenvalue weighted by molar-refractivity contribution is 0.0949. The third kappa shape index (κ3) is 4.12. The van der Waals surface area contributed by atoms with Gasteiger partial charge in [-0.05, 0) is 30.7 Å². The van der Waals surface area contributed by atoms with Crippen molar-refractivity contribution in [1.29, 1.82) is 0 Å². The minimum atomic E-state index is -0.494. The van der Waals surface area contributed by atoms with Crippen LogP contribution in [0.3, 0.4) is 0 Å². The summed E-state index contributed by atoms with van der Waals surface area (Å²) in [5, 5.41) is 9.22. The molecular weight excluding hydrogens is 424 g/mol. The molecule has 0 aliphatic rings. The molecule has 3 rings (SSSR count). The van der Waals surface area contributed by atoms with Gasteiger partial charge in [-0.2, -0.15) is 10.2 Å². The number of hydrogen-bond acceptors (Lipinski definition) is 5. The summed E-state index contributed by atoms with van der Waals surface area (Å²) >= 11 is 3.39.